The smallest absolute Gasteiger partial charge is 0.203 e. The van der Waals surface area contributed by atoms with E-state index in [4.69, 9.17) is 30.5 Å². The van der Waals surface area contributed by atoms with Gasteiger partial charge in [-0.15, -0.1) is 0 Å². The molecule has 154 valence electrons. The van der Waals surface area contributed by atoms with Crippen LogP contribution in [-0.4, -0.2) is 34.2 Å². The van der Waals surface area contributed by atoms with E-state index in [-0.39, 0.29) is 5.78 Å². The Balaban J connectivity index is 2.45. The summed E-state index contributed by atoms with van der Waals surface area (Å²) in [6.45, 7) is 1.52. The van der Waals surface area contributed by atoms with E-state index in [9.17, 15) is 4.79 Å². The fraction of sp³-hybridized carbons (Fsp3) is 0.261. The minimum atomic E-state index is 0.000411. The van der Waals surface area contributed by atoms with Crippen molar-refractivity contribution in [1.29, 1.82) is 0 Å². The van der Waals surface area contributed by atoms with Crippen LogP contribution >= 0.6 is 11.6 Å². The number of allylic oxidation sites excluding steroid dienone is 2. The molecule has 2 rings (SSSR count). The second-order valence-electron chi connectivity index (χ2n) is 6.19. The van der Waals surface area contributed by atoms with Gasteiger partial charge in [0.15, 0.2) is 17.3 Å². The first kappa shape index (κ1) is 22.4. The van der Waals surface area contributed by atoms with Crippen molar-refractivity contribution in [3.63, 3.8) is 0 Å². The van der Waals surface area contributed by atoms with Gasteiger partial charge in [0.2, 0.25) is 5.75 Å². The van der Waals surface area contributed by atoms with Crippen molar-refractivity contribution in [2.45, 2.75) is 13.3 Å². The van der Waals surface area contributed by atoms with E-state index in [0.717, 1.165) is 16.7 Å². The third-order valence-electron chi connectivity index (χ3n) is 4.25. The van der Waals surface area contributed by atoms with Gasteiger partial charge in [0.25, 0.3) is 0 Å². The molecular weight excluding hydrogens is 392 g/mol. The molecule has 0 spiro atoms. The van der Waals surface area contributed by atoms with Crippen molar-refractivity contribution in [2.24, 2.45) is 0 Å². The number of hydrogen-bond acceptors (Lipinski definition) is 5. The number of ether oxygens (including phenoxy) is 4. The van der Waals surface area contributed by atoms with Crippen LogP contribution in [0.25, 0.3) is 12.2 Å². The van der Waals surface area contributed by atoms with Gasteiger partial charge >= 0.3 is 0 Å². The van der Waals surface area contributed by atoms with E-state index < -0.39 is 0 Å². The van der Waals surface area contributed by atoms with Crippen molar-refractivity contribution >= 4 is 29.5 Å². The summed E-state index contributed by atoms with van der Waals surface area (Å²) in [6, 6.07) is 7.43. The van der Waals surface area contributed by atoms with Crippen LogP contribution < -0.4 is 18.9 Å². The third kappa shape index (κ3) is 5.78. The first-order chi connectivity index (χ1) is 13.9. The third-order valence-corrected chi connectivity index (χ3v) is 4.54. The minimum Gasteiger partial charge on any atom is -0.495 e. The Morgan fingerprint density at radius 2 is 1.52 bits per heavy atom. The van der Waals surface area contributed by atoms with Crippen LogP contribution in [-0.2, 0) is 11.2 Å². The summed E-state index contributed by atoms with van der Waals surface area (Å²) in [5.74, 6) is 2.27. The summed E-state index contributed by atoms with van der Waals surface area (Å²) < 4.78 is 21.5. The normalized spacial score (nSPS) is 11.1. The lowest BCUT2D eigenvalue weighted by molar-refractivity contribution is -0.112. The van der Waals surface area contributed by atoms with E-state index in [0.29, 0.717) is 34.4 Å². The highest BCUT2D eigenvalue weighted by Crippen LogP contribution is 2.39. The second-order valence-corrected chi connectivity index (χ2v) is 6.60. The first-order valence-corrected chi connectivity index (χ1v) is 9.32. The summed E-state index contributed by atoms with van der Waals surface area (Å²) in [5, 5.41) is 0.510. The van der Waals surface area contributed by atoms with Gasteiger partial charge in [-0.1, -0.05) is 29.8 Å². The fourth-order valence-corrected chi connectivity index (χ4v) is 3.08. The Bertz CT molecular complexity index is 906. The molecule has 2 aromatic carbocycles. The molecule has 0 saturated carbocycles. The molecule has 0 aromatic heterocycles. The SMILES string of the molecule is COc1cc(C/C=C\C(C)=O)c(/C=C\c2cc(OC)c(OC)c(OC)c2)cc1Cl. The Morgan fingerprint density at radius 3 is 2.03 bits per heavy atom. The van der Waals surface area contributed by atoms with Gasteiger partial charge in [-0.3, -0.25) is 4.79 Å². The molecule has 2 aromatic rings. The lowest BCUT2D eigenvalue weighted by Gasteiger charge is -2.13. The number of hydrogen-bond donors (Lipinski definition) is 0. The van der Waals surface area contributed by atoms with E-state index >= 15 is 0 Å². The molecule has 29 heavy (non-hydrogen) atoms. The number of ketones is 1. The predicted octanol–water partition coefficient (Wildman–Crippen LogP) is 5.23. The molecule has 0 unspecified atom stereocenters. The van der Waals surface area contributed by atoms with Gasteiger partial charge in [0, 0.05) is 0 Å². The molecule has 0 atom stereocenters. The molecule has 0 N–H and O–H groups in total. The van der Waals surface area contributed by atoms with Gasteiger partial charge in [0.05, 0.1) is 33.5 Å². The molecular formula is C23H25ClO5. The Hall–Kier alpha value is -2.92. The Morgan fingerprint density at radius 1 is 0.897 bits per heavy atom. The molecule has 0 saturated heterocycles. The van der Waals surface area contributed by atoms with Crippen LogP contribution in [0.2, 0.25) is 5.02 Å². The van der Waals surface area contributed by atoms with Gasteiger partial charge in [-0.2, -0.15) is 0 Å². The van der Waals surface area contributed by atoms with Crippen LogP contribution in [0.15, 0.2) is 36.4 Å². The van der Waals surface area contributed by atoms with Crippen molar-refractivity contribution < 1.29 is 23.7 Å². The van der Waals surface area contributed by atoms with Crippen molar-refractivity contribution in [3.8, 4) is 23.0 Å². The zero-order valence-corrected chi connectivity index (χ0v) is 18.0. The van der Waals surface area contributed by atoms with Crippen molar-refractivity contribution in [3.05, 3.63) is 58.1 Å². The summed E-state index contributed by atoms with van der Waals surface area (Å²) in [7, 11) is 6.29. The lowest BCUT2D eigenvalue weighted by atomic mass is 10.0. The van der Waals surface area contributed by atoms with Crippen LogP contribution in [0.1, 0.15) is 23.6 Å². The Kier molecular flexibility index (Phi) is 8.16. The average molecular weight is 417 g/mol. The number of methoxy groups -OCH3 is 4. The molecule has 0 radical (unpaired) electrons. The summed E-state index contributed by atoms with van der Waals surface area (Å²) in [4.78, 5) is 11.2. The van der Waals surface area contributed by atoms with Gasteiger partial charge in [-0.05, 0) is 60.4 Å². The average Bonchev–Trinajstić information content (AvgIpc) is 2.72. The van der Waals surface area contributed by atoms with Crippen LogP contribution in [0.5, 0.6) is 23.0 Å². The van der Waals surface area contributed by atoms with E-state index in [1.165, 1.54) is 6.92 Å². The lowest BCUT2D eigenvalue weighted by Crippen LogP contribution is -1.95. The topological polar surface area (TPSA) is 54.0 Å². The predicted molar refractivity (Wildman–Crippen MR) is 117 cm³/mol. The van der Waals surface area contributed by atoms with Crippen molar-refractivity contribution in [2.75, 3.05) is 28.4 Å². The molecule has 0 aliphatic carbocycles. The maximum atomic E-state index is 11.2. The molecule has 6 heteroatoms. The largest absolute Gasteiger partial charge is 0.495 e. The molecule has 0 bridgehead atoms. The summed E-state index contributed by atoms with van der Waals surface area (Å²) in [5.41, 5.74) is 2.77. The Labute approximate surface area is 176 Å². The monoisotopic (exact) mass is 416 g/mol. The van der Waals surface area contributed by atoms with Gasteiger partial charge in [0.1, 0.15) is 5.75 Å². The number of benzene rings is 2. The second kappa shape index (κ2) is 10.6. The molecule has 5 nitrogen and oxygen atoms in total. The number of halogens is 1. The van der Waals surface area contributed by atoms with Gasteiger partial charge in [-0.25, -0.2) is 0 Å². The molecule has 0 aliphatic heterocycles. The molecule has 0 heterocycles. The van der Waals surface area contributed by atoms with E-state index in [1.807, 2.05) is 42.5 Å². The zero-order chi connectivity index (χ0) is 21.4. The highest BCUT2D eigenvalue weighted by atomic mass is 35.5. The van der Waals surface area contributed by atoms with Crippen molar-refractivity contribution in [1.82, 2.24) is 0 Å². The fourth-order valence-electron chi connectivity index (χ4n) is 2.83. The zero-order valence-electron chi connectivity index (χ0n) is 17.2. The number of carbonyl (C=O) groups excluding carboxylic acids is 1. The molecule has 0 fully saturated rings. The summed E-state index contributed by atoms with van der Waals surface area (Å²) in [6.07, 6.45) is 7.82. The van der Waals surface area contributed by atoms with Crippen LogP contribution in [0, 0.1) is 0 Å². The number of rotatable bonds is 9. The molecule has 0 aliphatic rings. The molecule has 0 amide bonds. The quantitative estimate of drug-likeness (QED) is 0.413. The number of carbonyl (C=O) groups is 1. The first-order valence-electron chi connectivity index (χ1n) is 8.95. The van der Waals surface area contributed by atoms with E-state index in [2.05, 4.69) is 0 Å². The maximum absolute atomic E-state index is 11.2. The van der Waals surface area contributed by atoms with Crippen LogP contribution in [0.4, 0.5) is 0 Å². The highest BCUT2D eigenvalue weighted by molar-refractivity contribution is 6.32. The standard InChI is InChI=1S/C23H25ClO5/c1-15(25)7-6-8-17-14-20(26-2)19(24)13-18(17)10-9-16-11-21(27-3)23(29-5)22(12-16)28-4/h6-7,9-14H,8H2,1-5H3/b7-6-,10-9-. The minimum absolute atomic E-state index is 0.000411. The van der Waals surface area contributed by atoms with E-state index in [1.54, 1.807) is 34.5 Å². The summed E-state index contributed by atoms with van der Waals surface area (Å²) >= 11 is 6.32. The van der Waals surface area contributed by atoms with Crippen LogP contribution in [0.3, 0.4) is 0 Å². The highest BCUT2D eigenvalue weighted by Gasteiger charge is 2.12. The van der Waals surface area contributed by atoms with Gasteiger partial charge < -0.3 is 18.9 Å². The maximum Gasteiger partial charge on any atom is 0.203 e.